The second-order valence-electron chi connectivity index (χ2n) is 4.18. The number of nitrogen functional groups attached to an aromatic ring is 1. The van der Waals surface area contributed by atoms with E-state index < -0.39 is 47.9 Å². The summed E-state index contributed by atoms with van der Waals surface area (Å²) in [6.07, 6.45) is 0.485. The Bertz CT molecular complexity index is 710. The Kier molecular flexibility index (Phi) is 5.56. The van der Waals surface area contributed by atoms with Crippen LogP contribution < -0.4 is 10.5 Å². The largest absolute Gasteiger partial charge is 0.491 e. The predicted octanol–water partition coefficient (Wildman–Crippen LogP) is 0.0703. The van der Waals surface area contributed by atoms with Gasteiger partial charge in [0.15, 0.2) is 20.5 Å². The van der Waals surface area contributed by atoms with Crippen LogP contribution in [0.4, 0.5) is 5.69 Å². The van der Waals surface area contributed by atoms with Crippen LogP contribution >= 0.6 is 0 Å². The van der Waals surface area contributed by atoms with Gasteiger partial charge < -0.3 is 15.6 Å². The molecule has 8 nitrogen and oxygen atoms in total. The number of aliphatic hydroxyl groups excluding tert-OH is 1. The van der Waals surface area contributed by atoms with Crippen LogP contribution in [0.2, 0.25) is 0 Å². The van der Waals surface area contributed by atoms with Crippen molar-refractivity contribution >= 4 is 25.6 Å². The second-order valence-corrected chi connectivity index (χ2v) is 7.61. The molecule has 0 saturated heterocycles. The van der Waals surface area contributed by atoms with E-state index in [0.717, 1.165) is 12.1 Å². The monoisotopic (exact) mass is 339 g/mol. The van der Waals surface area contributed by atoms with Crippen molar-refractivity contribution in [3.63, 3.8) is 0 Å². The molecule has 0 aliphatic rings. The quantitative estimate of drug-likeness (QED) is 0.467. The SMILES string of the molecule is CCCOc1c(S(=O)(=O)CCO)ccc(N)c1S(=O)(=O)O. The Morgan fingerprint density at radius 2 is 1.86 bits per heavy atom. The maximum absolute atomic E-state index is 12.0. The molecule has 0 atom stereocenters. The van der Waals surface area contributed by atoms with E-state index in [-0.39, 0.29) is 12.3 Å². The van der Waals surface area contributed by atoms with Gasteiger partial charge in [-0.1, -0.05) is 6.92 Å². The highest BCUT2D eigenvalue weighted by Crippen LogP contribution is 2.36. The average molecular weight is 339 g/mol. The number of benzene rings is 1. The molecule has 4 N–H and O–H groups in total. The molecule has 120 valence electrons. The van der Waals surface area contributed by atoms with Crippen molar-refractivity contribution in [2.75, 3.05) is 24.7 Å². The maximum atomic E-state index is 12.0. The molecular formula is C11H17NO7S2. The number of hydrogen-bond acceptors (Lipinski definition) is 7. The first kappa shape index (κ1) is 17.7. The topological polar surface area (TPSA) is 144 Å². The van der Waals surface area contributed by atoms with E-state index in [4.69, 9.17) is 15.6 Å². The number of anilines is 1. The van der Waals surface area contributed by atoms with Crippen LogP contribution in [0, 0.1) is 0 Å². The lowest BCUT2D eigenvalue weighted by atomic mass is 10.3. The second kappa shape index (κ2) is 6.60. The Balaban J connectivity index is 3.67. The van der Waals surface area contributed by atoms with Gasteiger partial charge in [-0.2, -0.15) is 8.42 Å². The number of aliphatic hydroxyl groups is 1. The van der Waals surface area contributed by atoms with E-state index in [1.165, 1.54) is 0 Å². The molecule has 21 heavy (non-hydrogen) atoms. The van der Waals surface area contributed by atoms with Crippen LogP contribution in [-0.4, -0.2) is 45.5 Å². The fourth-order valence-electron chi connectivity index (χ4n) is 1.64. The van der Waals surface area contributed by atoms with Crippen molar-refractivity contribution in [1.29, 1.82) is 0 Å². The molecule has 0 radical (unpaired) electrons. The highest BCUT2D eigenvalue weighted by atomic mass is 32.2. The Hall–Kier alpha value is -1.36. The fourth-order valence-corrected chi connectivity index (χ4v) is 3.65. The molecule has 1 aromatic rings. The van der Waals surface area contributed by atoms with E-state index in [9.17, 15) is 21.4 Å². The molecule has 10 heteroatoms. The maximum Gasteiger partial charge on any atom is 0.300 e. The third kappa shape index (κ3) is 4.06. The molecule has 1 rings (SSSR count). The van der Waals surface area contributed by atoms with Gasteiger partial charge in [0.25, 0.3) is 10.1 Å². The molecule has 0 fully saturated rings. The van der Waals surface area contributed by atoms with Crippen LogP contribution in [0.3, 0.4) is 0 Å². The third-order valence-electron chi connectivity index (χ3n) is 2.51. The van der Waals surface area contributed by atoms with E-state index in [0.29, 0.717) is 6.42 Å². The van der Waals surface area contributed by atoms with E-state index in [2.05, 4.69) is 0 Å². The fraction of sp³-hybridized carbons (Fsp3) is 0.455. The summed E-state index contributed by atoms with van der Waals surface area (Å²) < 4.78 is 61.4. The van der Waals surface area contributed by atoms with Crippen LogP contribution in [-0.2, 0) is 20.0 Å². The Morgan fingerprint density at radius 1 is 1.24 bits per heavy atom. The number of rotatable bonds is 7. The zero-order valence-corrected chi connectivity index (χ0v) is 12.9. The minimum Gasteiger partial charge on any atom is -0.491 e. The average Bonchev–Trinajstić information content (AvgIpc) is 2.34. The molecule has 0 heterocycles. The summed E-state index contributed by atoms with van der Waals surface area (Å²) >= 11 is 0. The number of hydrogen-bond donors (Lipinski definition) is 3. The van der Waals surface area contributed by atoms with Crippen molar-refractivity contribution in [2.24, 2.45) is 0 Å². The van der Waals surface area contributed by atoms with Gasteiger partial charge >= 0.3 is 0 Å². The van der Waals surface area contributed by atoms with Crippen molar-refractivity contribution in [1.82, 2.24) is 0 Å². The van der Waals surface area contributed by atoms with Crippen LogP contribution in [0.15, 0.2) is 21.9 Å². The lowest BCUT2D eigenvalue weighted by molar-refractivity contribution is 0.299. The van der Waals surface area contributed by atoms with Gasteiger partial charge in [0.05, 0.1) is 24.7 Å². The third-order valence-corrected chi connectivity index (χ3v) is 5.16. The molecule has 1 aromatic carbocycles. The van der Waals surface area contributed by atoms with Gasteiger partial charge in [-0.05, 0) is 18.6 Å². The minimum absolute atomic E-state index is 0.0353. The lowest BCUT2D eigenvalue weighted by Crippen LogP contribution is -2.15. The molecule has 0 aromatic heterocycles. The Morgan fingerprint density at radius 3 is 2.33 bits per heavy atom. The summed E-state index contributed by atoms with van der Waals surface area (Å²) in [5.41, 5.74) is 5.17. The van der Waals surface area contributed by atoms with Gasteiger partial charge in [-0.3, -0.25) is 4.55 Å². The van der Waals surface area contributed by atoms with E-state index >= 15 is 0 Å². The smallest absolute Gasteiger partial charge is 0.300 e. The zero-order valence-electron chi connectivity index (χ0n) is 11.3. The lowest BCUT2D eigenvalue weighted by Gasteiger charge is -2.15. The predicted molar refractivity (Wildman–Crippen MR) is 75.6 cm³/mol. The molecule has 0 bridgehead atoms. The van der Waals surface area contributed by atoms with E-state index in [1.807, 2.05) is 0 Å². The van der Waals surface area contributed by atoms with Crippen molar-refractivity contribution < 1.29 is 31.2 Å². The van der Waals surface area contributed by atoms with Gasteiger partial charge in [0, 0.05) is 0 Å². The first-order valence-electron chi connectivity index (χ1n) is 6.01. The van der Waals surface area contributed by atoms with Gasteiger partial charge in [-0.15, -0.1) is 0 Å². The molecule has 0 unspecified atom stereocenters. The minimum atomic E-state index is -4.77. The summed E-state index contributed by atoms with van der Waals surface area (Å²) in [5, 5.41) is 8.80. The first-order valence-corrected chi connectivity index (χ1v) is 9.10. The standard InChI is InChI=1S/C11H17NO7S2/c1-2-6-19-10-9(20(14,15)7-5-13)4-3-8(12)11(10)21(16,17)18/h3-4,13H,2,5-7,12H2,1H3,(H,16,17,18). The van der Waals surface area contributed by atoms with Crippen LogP contribution in [0.1, 0.15) is 13.3 Å². The van der Waals surface area contributed by atoms with Gasteiger partial charge in [0.1, 0.15) is 4.90 Å². The number of ether oxygens (including phenoxy) is 1. The molecule has 0 spiro atoms. The normalized spacial score (nSPS) is 12.3. The summed E-state index contributed by atoms with van der Waals surface area (Å²) in [6, 6.07) is 2.13. The molecule has 0 saturated carbocycles. The molecule has 0 aliphatic carbocycles. The molecule has 0 aliphatic heterocycles. The van der Waals surface area contributed by atoms with Crippen LogP contribution in [0.5, 0.6) is 5.75 Å². The first-order chi connectivity index (χ1) is 9.65. The van der Waals surface area contributed by atoms with Gasteiger partial charge in [0.2, 0.25) is 0 Å². The Labute approximate surface area is 123 Å². The summed E-state index contributed by atoms with van der Waals surface area (Å²) in [6.45, 7) is 1.13. The van der Waals surface area contributed by atoms with Crippen molar-refractivity contribution in [2.45, 2.75) is 23.1 Å². The van der Waals surface area contributed by atoms with Crippen molar-refractivity contribution in [3.8, 4) is 5.75 Å². The highest BCUT2D eigenvalue weighted by molar-refractivity contribution is 7.91. The van der Waals surface area contributed by atoms with Gasteiger partial charge in [-0.25, -0.2) is 8.42 Å². The highest BCUT2D eigenvalue weighted by Gasteiger charge is 2.29. The summed E-state index contributed by atoms with van der Waals surface area (Å²) in [4.78, 5) is -1.22. The van der Waals surface area contributed by atoms with Crippen LogP contribution in [0.25, 0.3) is 0 Å². The summed E-state index contributed by atoms with van der Waals surface area (Å²) in [5.74, 6) is -1.13. The number of nitrogens with two attached hydrogens (primary N) is 1. The number of sulfone groups is 1. The molecule has 0 amide bonds. The van der Waals surface area contributed by atoms with E-state index in [1.54, 1.807) is 6.92 Å². The molecular weight excluding hydrogens is 322 g/mol. The zero-order chi connectivity index (χ0) is 16.3. The summed E-state index contributed by atoms with van der Waals surface area (Å²) in [7, 11) is -8.75. The van der Waals surface area contributed by atoms with Crippen molar-refractivity contribution in [3.05, 3.63) is 12.1 Å².